The fraction of sp³-hybridized carbons (Fsp3) is 0.488. The smallest absolute Gasteiger partial charge is 0.331 e. The molecule has 2 aliphatic rings. The van der Waals surface area contributed by atoms with Gasteiger partial charge in [0.2, 0.25) is 0 Å². The monoisotopic (exact) mass is 766 g/mol. The third-order valence-electron chi connectivity index (χ3n) is 9.35. The van der Waals surface area contributed by atoms with E-state index in [1.807, 2.05) is 6.07 Å². The summed E-state index contributed by atoms with van der Waals surface area (Å²) in [7, 11) is 0. The van der Waals surface area contributed by atoms with E-state index < -0.39 is 90.2 Å². The van der Waals surface area contributed by atoms with Crippen LogP contribution in [0, 0.1) is 11.3 Å². The quantitative estimate of drug-likeness (QED) is 0.127. The van der Waals surface area contributed by atoms with Crippen molar-refractivity contribution < 1.29 is 66.7 Å². The van der Waals surface area contributed by atoms with Crippen LogP contribution >= 0.6 is 0 Å². The molecule has 0 spiro atoms. The minimum Gasteiger partial charge on any atom is -0.461 e. The van der Waals surface area contributed by atoms with Gasteiger partial charge in [-0.3, -0.25) is 28.8 Å². The second-order valence-electron chi connectivity index (χ2n) is 14.0. The van der Waals surface area contributed by atoms with Crippen LogP contribution in [0.4, 0.5) is 0 Å². The van der Waals surface area contributed by atoms with E-state index >= 15 is 0 Å². The zero-order valence-corrected chi connectivity index (χ0v) is 32.9. The second kappa shape index (κ2) is 19.2. The molecule has 6 atom stereocenters. The summed E-state index contributed by atoms with van der Waals surface area (Å²) in [5, 5.41) is 0. The molecule has 0 N–H and O–H groups in total. The van der Waals surface area contributed by atoms with Crippen molar-refractivity contribution in [2.75, 3.05) is 6.61 Å². The average Bonchev–Trinajstić information content (AvgIpc) is 3.06. The lowest BCUT2D eigenvalue weighted by atomic mass is 9.60. The lowest BCUT2D eigenvalue weighted by Crippen LogP contribution is -2.49. The summed E-state index contributed by atoms with van der Waals surface area (Å²) in [5.41, 5.74) is 0.698. The molecule has 0 fully saturated rings. The van der Waals surface area contributed by atoms with Gasteiger partial charge in [-0.2, -0.15) is 0 Å². The first kappa shape index (κ1) is 43.9. The highest BCUT2D eigenvalue weighted by Gasteiger charge is 2.51. The normalized spacial score (nSPS) is 26.2. The minimum absolute atomic E-state index is 0.0932. The van der Waals surface area contributed by atoms with Crippen molar-refractivity contribution in [1.29, 1.82) is 0 Å². The van der Waals surface area contributed by atoms with E-state index in [1.165, 1.54) is 45.9 Å². The molecule has 1 aromatic carbocycles. The highest BCUT2D eigenvalue weighted by molar-refractivity contribution is 5.87. The first-order valence-electron chi connectivity index (χ1n) is 17.8. The molecular formula is C41H50O14. The Morgan fingerprint density at radius 2 is 1.24 bits per heavy atom. The predicted molar refractivity (Wildman–Crippen MR) is 196 cm³/mol. The third-order valence-corrected chi connectivity index (χ3v) is 9.35. The zero-order chi connectivity index (χ0) is 41.2. The van der Waals surface area contributed by atoms with Crippen LogP contribution in [0.1, 0.15) is 87.6 Å². The lowest BCUT2D eigenvalue weighted by Gasteiger charge is -2.48. The number of esters is 7. The van der Waals surface area contributed by atoms with Gasteiger partial charge < -0.3 is 33.2 Å². The molecule has 0 saturated heterocycles. The highest BCUT2D eigenvalue weighted by atomic mass is 16.6. The predicted octanol–water partition coefficient (Wildman–Crippen LogP) is 5.43. The molecule has 0 aliphatic heterocycles. The van der Waals surface area contributed by atoms with Crippen LogP contribution in [0.15, 0.2) is 70.5 Å². The van der Waals surface area contributed by atoms with Crippen molar-refractivity contribution in [3.8, 4) is 0 Å². The van der Waals surface area contributed by atoms with E-state index in [0.717, 1.165) is 20.8 Å². The van der Waals surface area contributed by atoms with Crippen LogP contribution in [0.5, 0.6) is 0 Å². The van der Waals surface area contributed by atoms with Gasteiger partial charge in [0.05, 0.1) is 0 Å². The minimum atomic E-state index is -1.45. The Labute approximate surface area is 320 Å². The summed E-state index contributed by atoms with van der Waals surface area (Å²) in [5.74, 6) is -6.12. The Morgan fingerprint density at radius 1 is 0.673 bits per heavy atom. The number of carbonyl (C=O) groups excluding carboxylic acids is 7. The summed E-state index contributed by atoms with van der Waals surface area (Å²) in [6, 6.07) is 8.94. The fourth-order valence-electron chi connectivity index (χ4n) is 7.03. The Balaban J connectivity index is 2.51. The Bertz CT molecular complexity index is 1780. The van der Waals surface area contributed by atoms with Crippen LogP contribution in [0.3, 0.4) is 0 Å². The average molecular weight is 767 g/mol. The molecule has 0 aromatic heterocycles. The van der Waals surface area contributed by atoms with E-state index in [0.29, 0.717) is 16.7 Å². The summed E-state index contributed by atoms with van der Waals surface area (Å²) in [6.45, 7) is 13.4. The maximum Gasteiger partial charge on any atom is 0.331 e. The molecule has 6 unspecified atom stereocenters. The molecule has 3 rings (SSSR count). The third kappa shape index (κ3) is 12.2. The van der Waals surface area contributed by atoms with Crippen molar-refractivity contribution in [1.82, 2.24) is 0 Å². The number of ether oxygens (including phenoxy) is 7. The van der Waals surface area contributed by atoms with Crippen LogP contribution < -0.4 is 0 Å². The molecule has 2 bridgehead atoms. The Kier molecular flexibility index (Phi) is 15.3. The fourth-order valence-corrected chi connectivity index (χ4v) is 7.03. The molecule has 55 heavy (non-hydrogen) atoms. The number of hydrogen-bond donors (Lipinski definition) is 0. The number of hydrogen-bond acceptors (Lipinski definition) is 14. The van der Waals surface area contributed by atoms with Crippen LogP contribution in [-0.2, 0) is 66.7 Å². The first-order chi connectivity index (χ1) is 25.7. The van der Waals surface area contributed by atoms with Crippen LogP contribution in [0.25, 0.3) is 6.08 Å². The van der Waals surface area contributed by atoms with Crippen molar-refractivity contribution in [2.45, 2.75) is 113 Å². The van der Waals surface area contributed by atoms with E-state index in [2.05, 4.69) is 0 Å². The Hall–Kier alpha value is -5.53. The van der Waals surface area contributed by atoms with Gasteiger partial charge in [-0.1, -0.05) is 44.2 Å². The summed E-state index contributed by atoms with van der Waals surface area (Å²) < 4.78 is 40.8. The van der Waals surface area contributed by atoms with Crippen molar-refractivity contribution in [3.05, 3.63) is 76.1 Å². The van der Waals surface area contributed by atoms with E-state index in [-0.39, 0.29) is 29.7 Å². The number of carbonyl (C=O) groups is 7. The summed E-state index contributed by atoms with van der Waals surface area (Å²) in [4.78, 5) is 89.4. The highest BCUT2D eigenvalue weighted by Crippen LogP contribution is 2.52. The van der Waals surface area contributed by atoms with Gasteiger partial charge >= 0.3 is 41.8 Å². The van der Waals surface area contributed by atoms with Crippen molar-refractivity contribution in [3.63, 3.8) is 0 Å². The summed E-state index contributed by atoms with van der Waals surface area (Å²) >= 11 is 0. The van der Waals surface area contributed by atoms with E-state index in [9.17, 15) is 33.6 Å². The van der Waals surface area contributed by atoms with Crippen molar-refractivity contribution in [2.24, 2.45) is 11.3 Å². The van der Waals surface area contributed by atoms with Gasteiger partial charge in [0.1, 0.15) is 31.0 Å². The molecule has 0 radical (unpaired) electrons. The molecular weight excluding hydrogens is 716 g/mol. The van der Waals surface area contributed by atoms with Crippen LogP contribution in [-0.4, -0.2) is 78.9 Å². The molecule has 0 saturated carbocycles. The second-order valence-corrected chi connectivity index (χ2v) is 14.0. The van der Waals surface area contributed by atoms with Gasteiger partial charge in [-0.15, -0.1) is 0 Å². The van der Waals surface area contributed by atoms with Gasteiger partial charge in [-0.25, -0.2) is 4.79 Å². The largest absolute Gasteiger partial charge is 0.461 e. The van der Waals surface area contributed by atoms with Crippen LogP contribution in [0.2, 0.25) is 0 Å². The Morgan fingerprint density at radius 3 is 1.76 bits per heavy atom. The molecule has 0 amide bonds. The lowest BCUT2D eigenvalue weighted by molar-refractivity contribution is -0.156. The maximum atomic E-state index is 13.5. The van der Waals surface area contributed by atoms with Gasteiger partial charge in [0, 0.05) is 71.1 Å². The first-order valence-corrected chi connectivity index (χ1v) is 17.8. The molecule has 0 heterocycles. The molecule has 14 nitrogen and oxygen atoms in total. The van der Waals surface area contributed by atoms with Crippen molar-refractivity contribution >= 4 is 47.9 Å². The standard InChI is InChI=1S/C41H50O14/c1-22-33(50-25(4)43)19-32-36(52-27(6)45)18-31(21-49-24(3)42)35(55-37(48)17-16-30-14-12-11-13-15-30)20-34(51-26(5)44)23(2)39(53-28(7)46)40(54-29(8)47)38(22)41(32,9)10/h11-18,32-36,40H,19-21H2,1-10H3/b17-16+,31-18-,39-23+. The molecule has 2 aliphatic carbocycles. The summed E-state index contributed by atoms with van der Waals surface area (Å²) in [6.07, 6.45) is -2.22. The number of fused-ring (bicyclic) bond motifs is 2. The van der Waals surface area contributed by atoms with E-state index in [1.54, 1.807) is 45.0 Å². The topological polar surface area (TPSA) is 184 Å². The molecule has 298 valence electrons. The van der Waals surface area contributed by atoms with Gasteiger partial charge in [0.25, 0.3) is 0 Å². The zero-order valence-electron chi connectivity index (χ0n) is 32.9. The molecule has 1 aromatic rings. The van der Waals surface area contributed by atoms with Gasteiger partial charge in [-0.05, 0) is 54.5 Å². The van der Waals surface area contributed by atoms with E-state index in [4.69, 9.17) is 33.2 Å². The SMILES string of the molecule is CC(=O)OC/C1=C/C(OC(C)=O)C2CC(OC(C)=O)C(C)=C(C(OC(C)=O)/C(OC(C)=O)=C(/C)C(OC(C)=O)CC1OC(=O)/C=C/c1ccccc1)C2(C)C. The number of benzene rings is 1. The van der Waals surface area contributed by atoms with Gasteiger partial charge in [0.15, 0.2) is 11.9 Å². The maximum absolute atomic E-state index is 13.5. The number of rotatable bonds is 10. The molecule has 14 heteroatoms.